The summed E-state index contributed by atoms with van der Waals surface area (Å²) in [6.45, 7) is 0. The number of nitrogens with zero attached hydrogens (tertiary/aromatic N) is 2. The minimum absolute atomic E-state index is 0.0828. The van der Waals surface area contributed by atoms with Gasteiger partial charge in [0.15, 0.2) is 0 Å². The van der Waals surface area contributed by atoms with Gasteiger partial charge in [0.05, 0.1) is 30.2 Å². The number of methoxy groups -OCH3 is 1. The van der Waals surface area contributed by atoms with Crippen molar-refractivity contribution in [3.05, 3.63) is 59.4 Å². The molecule has 1 aliphatic carbocycles. The van der Waals surface area contributed by atoms with E-state index in [1.165, 1.54) is 0 Å². The van der Waals surface area contributed by atoms with Crippen LogP contribution in [0.25, 0.3) is 11.0 Å². The number of amides is 3. The molecule has 1 aliphatic heterocycles. The number of rotatable bonds is 5. The number of fused-ring (bicyclic) bond motifs is 2. The van der Waals surface area contributed by atoms with E-state index in [-0.39, 0.29) is 30.1 Å². The van der Waals surface area contributed by atoms with Crippen molar-refractivity contribution in [1.29, 1.82) is 0 Å². The van der Waals surface area contributed by atoms with Crippen molar-refractivity contribution in [1.82, 2.24) is 25.5 Å². The van der Waals surface area contributed by atoms with E-state index in [4.69, 9.17) is 9.72 Å². The first-order chi connectivity index (χ1) is 15.6. The van der Waals surface area contributed by atoms with Gasteiger partial charge >= 0.3 is 6.03 Å². The maximum atomic E-state index is 12.2. The summed E-state index contributed by atoms with van der Waals surface area (Å²) in [7, 11) is 3.30. The maximum absolute atomic E-state index is 12.2. The van der Waals surface area contributed by atoms with E-state index < -0.39 is 0 Å². The third-order valence-electron chi connectivity index (χ3n) is 6.61. The zero-order valence-electron chi connectivity index (χ0n) is 18.2. The normalized spacial score (nSPS) is 22.2. The Balaban J connectivity index is 1.58. The second kappa shape index (κ2) is 8.18. The standard InChI is InChI=1S/C24H27N5O3/c1-25-23(30)15-7-10-20-19(11-15)26-22(12-14-5-3-4-6-21(14)32-2)29(20)16-8-9-17-18(13-16)28-24(31)27-17/h3-7,10-11,16-18H,8-9,12-13H2,1-2H3,(H,25,30)(H2,27,28,31). The molecule has 0 radical (unpaired) electrons. The predicted molar refractivity (Wildman–Crippen MR) is 121 cm³/mol. The number of carbonyl (C=O) groups is 2. The summed E-state index contributed by atoms with van der Waals surface area (Å²) in [6.07, 6.45) is 3.32. The molecule has 32 heavy (non-hydrogen) atoms. The van der Waals surface area contributed by atoms with Crippen LogP contribution < -0.4 is 20.7 Å². The third-order valence-corrected chi connectivity index (χ3v) is 6.61. The van der Waals surface area contributed by atoms with E-state index in [0.29, 0.717) is 12.0 Å². The molecular weight excluding hydrogens is 406 g/mol. The molecule has 3 aromatic rings. The van der Waals surface area contributed by atoms with Crippen molar-refractivity contribution in [3.8, 4) is 5.75 Å². The van der Waals surface area contributed by atoms with Crippen molar-refractivity contribution < 1.29 is 14.3 Å². The molecular formula is C24H27N5O3. The highest BCUT2D eigenvalue weighted by molar-refractivity contribution is 5.97. The smallest absolute Gasteiger partial charge is 0.315 e. The molecule has 2 fully saturated rings. The number of benzene rings is 2. The molecule has 8 nitrogen and oxygen atoms in total. The van der Waals surface area contributed by atoms with Gasteiger partial charge in [0.1, 0.15) is 11.6 Å². The number of aromatic nitrogens is 2. The Morgan fingerprint density at radius 1 is 1.19 bits per heavy atom. The molecule has 0 bridgehead atoms. The topological polar surface area (TPSA) is 97.3 Å². The highest BCUT2D eigenvalue weighted by atomic mass is 16.5. The lowest BCUT2D eigenvalue weighted by molar-refractivity contribution is 0.0963. The summed E-state index contributed by atoms with van der Waals surface area (Å²) in [6, 6.07) is 14.1. The maximum Gasteiger partial charge on any atom is 0.315 e. The van der Waals surface area contributed by atoms with Gasteiger partial charge in [-0.1, -0.05) is 18.2 Å². The van der Waals surface area contributed by atoms with Crippen LogP contribution in [0.5, 0.6) is 5.75 Å². The Kier molecular flexibility index (Phi) is 5.20. The number of para-hydroxylation sites is 1. The summed E-state index contributed by atoms with van der Waals surface area (Å²) in [5.41, 5.74) is 3.45. The van der Waals surface area contributed by atoms with Gasteiger partial charge < -0.3 is 25.3 Å². The largest absolute Gasteiger partial charge is 0.496 e. The quantitative estimate of drug-likeness (QED) is 0.576. The zero-order chi connectivity index (χ0) is 22.2. The zero-order valence-corrected chi connectivity index (χ0v) is 18.2. The van der Waals surface area contributed by atoms with Crippen LogP contribution in [0.4, 0.5) is 4.79 Å². The molecule has 3 atom stereocenters. The molecule has 166 valence electrons. The van der Waals surface area contributed by atoms with Crippen LogP contribution in [0, 0.1) is 0 Å². The molecule has 2 aliphatic rings. The van der Waals surface area contributed by atoms with Gasteiger partial charge in [-0.05, 0) is 43.5 Å². The first-order valence-corrected chi connectivity index (χ1v) is 11.0. The van der Waals surface area contributed by atoms with Crippen molar-refractivity contribution in [3.63, 3.8) is 0 Å². The lowest BCUT2D eigenvalue weighted by Crippen LogP contribution is -2.40. The summed E-state index contributed by atoms with van der Waals surface area (Å²) >= 11 is 0. The Hall–Kier alpha value is -3.55. The van der Waals surface area contributed by atoms with Crippen LogP contribution in [-0.2, 0) is 6.42 Å². The van der Waals surface area contributed by atoms with Crippen LogP contribution in [0.3, 0.4) is 0 Å². The van der Waals surface area contributed by atoms with Gasteiger partial charge in [-0.2, -0.15) is 0 Å². The molecule has 2 aromatic carbocycles. The number of ether oxygens (including phenoxy) is 1. The first kappa shape index (κ1) is 20.4. The van der Waals surface area contributed by atoms with Crippen molar-refractivity contribution in [2.24, 2.45) is 0 Å². The highest BCUT2D eigenvalue weighted by Crippen LogP contribution is 2.35. The molecule has 3 unspecified atom stereocenters. The van der Waals surface area contributed by atoms with Crippen LogP contribution >= 0.6 is 0 Å². The fraction of sp³-hybridized carbons (Fsp3) is 0.375. The monoisotopic (exact) mass is 433 g/mol. The van der Waals surface area contributed by atoms with Crippen LogP contribution in [0.15, 0.2) is 42.5 Å². The summed E-state index contributed by atoms with van der Waals surface area (Å²) in [4.78, 5) is 29.0. The molecule has 5 rings (SSSR count). The molecule has 2 heterocycles. The van der Waals surface area contributed by atoms with Gasteiger partial charge in [-0.3, -0.25) is 4.79 Å². The van der Waals surface area contributed by atoms with Gasteiger partial charge in [-0.25, -0.2) is 9.78 Å². The minimum atomic E-state index is -0.132. The number of urea groups is 1. The minimum Gasteiger partial charge on any atom is -0.496 e. The average molecular weight is 434 g/mol. The van der Waals surface area contributed by atoms with Crippen LogP contribution in [0.1, 0.15) is 47.1 Å². The first-order valence-electron chi connectivity index (χ1n) is 11.0. The molecule has 3 N–H and O–H groups in total. The van der Waals surface area contributed by atoms with E-state index in [9.17, 15) is 9.59 Å². The van der Waals surface area contributed by atoms with E-state index in [1.54, 1.807) is 14.2 Å². The molecule has 0 spiro atoms. The highest BCUT2D eigenvalue weighted by Gasteiger charge is 2.38. The van der Waals surface area contributed by atoms with Crippen LogP contribution in [0.2, 0.25) is 0 Å². The van der Waals surface area contributed by atoms with Crippen molar-refractivity contribution in [2.75, 3.05) is 14.2 Å². The molecule has 1 saturated heterocycles. The fourth-order valence-electron chi connectivity index (χ4n) is 5.08. The molecule has 8 heteroatoms. The van der Waals surface area contributed by atoms with Crippen molar-refractivity contribution in [2.45, 2.75) is 43.8 Å². The number of hydrogen-bond acceptors (Lipinski definition) is 4. The Morgan fingerprint density at radius 2 is 2.00 bits per heavy atom. The average Bonchev–Trinajstić information content (AvgIpc) is 3.36. The number of imidazole rings is 1. The Morgan fingerprint density at radius 3 is 2.81 bits per heavy atom. The second-order valence-corrected chi connectivity index (χ2v) is 8.47. The van der Waals surface area contributed by atoms with E-state index in [2.05, 4.69) is 26.6 Å². The number of nitrogens with one attached hydrogen (secondary N) is 3. The Labute approximate surface area is 186 Å². The van der Waals surface area contributed by atoms with Crippen molar-refractivity contribution >= 4 is 23.0 Å². The lowest BCUT2D eigenvalue weighted by Gasteiger charge is -2.32. The van der Waals surface area contributed by atoms with E-state index in [1.807, 2.05) is 36.4 Å². The van der Waals surface area contributed by atoms with Gasteiger partial charge in [0.25, 0.3) is 5.91 Å². The number of hydrogen-bond donors (Lipinski definition) is 3. The summed E-state index contributed by atoms with van der Waals surface area (Å²) in [5, 5.41) is 8.75. The lowest BCUT2D eigenvalue weighted by atomic mass is 9.87. The second-order valence-electron chi connectivity index (χ2n) is 8.47. The predicted octanol–water partition coefficient (Wildman–Crippen LogP) is 2.77. The molecule has 1 saturated carbocycles. The SMILES string of the molecule is CNC(=O)c1ccc2c(c1)nc(Cc1ccccc1OC)n2C1CCC2NC(=O)NC2C1. The van der Waals surface area contributed by atoms with E-state index >= 15 is 0 Å². The van der Waals surface area contributed by atoms with Gasteiger partial charge in [0, 0.05) is 30.6 Å². The fourth-order valence-corrected chi connectivity index (χ4v) is 5.08. The van der Waals surface area contributed by atoms with Gasteiger partial charge in [-0.15, -0.1) is 0 Å². The van der Waals surface area contributed by atoms with E-state index in [0.717, 1.165) is 47.4 Å². The summed E-state index contributed by atoms with van der Waals surface area (Å²) in [5.74, 6) is 1.63. The molecule has 1 aromatic heterocycles. The van der Waals surface area contributed by atoms with Gasteiger partial charge in [0.2, 0.25) is 0 Å². The van der Waals surface area contributed by atoms with Crippen LogP contribution in [-0.4, -0.2) is 47.7 Å². The Bertz CT molecular complexity index is 1190. The molecule has 3 amide bonds. The number of carbonyl (C=O) groups excluding carboxylic acids is 2. The third kappa shape index (κ3) is 3.55. The summed E-state index contributed by atoms with van der Waals surface area (Å²) < 4.78 is 7.87.